The summed E-state index contributed by atoms with van der Waals surface area (Å²) in [4.78, 5) is 13.4. The first-order valence-corrected chi connectivity index (χ1v) is 7.55. The lowest BCUT2D eigenvalue weighted by molar-refractivity contribution is 0.0696. The van der Waals surface area contributed by atoms with Gasteiger partial charge in [0.25, 0.3) is 0 Å². The highest BCUT2D eigenvalue weighted by atomic mass is 16.4. The fourth-order valence-electron chi connectivity index (χ4n) is 3.90. The second-order valence-corrected chi connectivity index (χ2v) is 6.06. The summed E-state index contributed by atoms with van der Waals surface area (Å²) >= 11 is 0. The average molecular weight is 295 g/mol. The molecular weight excluding hydrogens is 278 g/mol. The van der Waals surface area contributed by atoms with Gasteiger partial charge in [0.2, 0.25) is 0 Å². The number of hydrogen-bond donors (Lipinski definition) is 2. The van der Waals surface area contributed by atoms with Crippen molar-refractivity contribution in [2.24, 2.45) is 0 Å². The van der Waals surface area contributed by atoms with Crippen LogP contribution in [0.15, 0.2) is 42.5 Å². The van der Waals surface area contributed by atoms with Crippen molar-refractivity contribution < 1.29 is 15.0 Å². The van der Waals surface area contributed by atoms with E-state index in [2.05, 4.69) is 29.2 Å². The minimum Gasteiger partial charge on any atom is -0.508 e. The molecule has 2 heterocycles. The minimum atomic E-state index is -1.02. The van der Waals surface area contributed by atoms with Crippen molar-refractivity contribution in [2.45, 2.75) is 31.5 Å². The molecule has 0 saturated carbocycles. The van der Waals surface area contributed by atoms with E-state index in [1.165, 1.54) is 17.2 Å². The maximum Gasteiger partial charge on any atom is 0.335 e. The van der Waals surface area contributed by atoms with Crippen LogP contribution in [0.4, 0.5) is 0 Å². The zero-order chi connectivity index (χ0) is 15.3. The predicted octanol–water partition coefficient (Wildman–Crippen LogP) is 3.48. The molecule has 4 heteroatoms. The molecular formula is C18H17NO3. The molecule has 112 valence electrons. The molecule has 0 radical (unpaired) electrons. The van der Waals surface area contributed by atoms with Crippen LogP contribution in [0, 0.1) is 0 Å². The van der Waals surface area contributed by atoms with Crippen molar-refractivity contribution >= 4 is 5.97 Å². The Morgan fingerprint density at radius 3 is 2.27 bits per heavy atom. The SMILES string of the molecule is O=C(O)c1ccc(CN2C3CCC2c2ccccc23)c(O)c1. The Morgan fingerprint density at radius 2 is 1.73 bits per heavy atom. The molecule has 0 aromatic heterocycles. The van der Waals surface area contributed by atoms with Crippen LogP contribution in [0.3, 0.4) is 0 Å². The molecule has 2 N–H and O–H groups in total. The number of rotatable bonds is 3. The zero-order valence-corrected chi connectivity index (χ0v) is 12.1. The van der Waals surface area contributed by atoms with Crippen LogP contribution < -0.4 is 0 Å². The van der Waals surface area contributed by atoms with E-state index in [1.807, 2.05) is 0 Å². The van der Waals surface area contributed by atoms with Crippen LogP contribution in [0.25, 0.3) is 0 Å². The maximum atomic E-state index is 11.0. The first-order chi connectivity index (χ1) is 10.6. The molecule has 2 bridgehead atoms. The topological polar surface area (TPSA) is 60.8 Å². The highest BCUT2D eigenvalue weighted by Crippen LogP contribution is 2.53. The standard InChI is InChI=1S/C18H17NO3/c20-17-9-11(18(21)22)5-6-12(17)10-19-15-7-8-16(19)14-4-2-1-3-13(14)15/h1-6,9,15-16,20H,7-8,10H2,(H,21,22). The van der Waals surface area contributed by atoms with E-state index >= 15 is 0 Å². The second-order valence-electron chi connectivity index (χ2n) is 6.06. The van der Waals surface area contributed by atoms with Gasteiger partial charge in [0.05, 0.1) is 5.56 Å². The Labute approximate surface area is 128 Å². The smallest absolute Gasteiger partial charge is 0.335 e. The van der Waals surface area contributed by atoms with Gasteiger partial charge in [0.15, 0.2) is 0 Å². The van der Waals surface area contributed by atoms with Gasteiger partial charge < -0.3 is 10.2 Å². The molecule has 1 fully saturated rings. The van der Waals surface area contributed by atoms with Gasteiger partial charge in [-0.2, -0.15) is 0 Å². The van der Waals surface area contributed by atoms with Gasteiger partial charge in [-0.3, -0.25) is 4.90 Å². The molecule has 2 unspecified atom stereocenters. The highest BCUT2D eigenvalue weighted by molar-refractivity contribution is 5.88. The molecule has 1 saturated heterocycles. The fourth-order valence-corrected chi connectivity index (χ4v) is 3.90. The van der Waals surface area contributed by atoms with Gasteiger partial charge >= 0.3 is 5.97 Å². The van der Waals surface area contributed by atoms with Gasteiger partial charge in [-0.15, -0.1) is 0 Å². The maximum absolute atomic E-state index is 11.0. The monoisotopic (exact) mass is 295 g/mol. The Bertz CT molecular complexity index is 725. The number of carbonyl (C=O) groups is 1. The second kappa shape index (κ2) is 4.85. The number of carboxylic acids is 1. The van der Waals surface area contributed by atoms with E-state index in [9.17, 15) is 9.90 Å². The summed E-state index contributed by atoms with van der Waals surface area (Å²) in [5, 5.41) is 19.1. The van der Waals surface area contributed by atoms with E-state index < -0.39 is 5.97 Å². The number of aromatic hydroxyl groups is 1. The number of phenolic OH excluding ortho intramolecular Hbond substituents is 1. The zero-order valence-electron chi connectivity index (χ0n) is 12.1. The van der Waals surface area contributed by atoms with Crippen LogP contribution in [0.1, 0.15) is 52.0 Å². The summed E-state index contributed by atoms with van der Waals surface area (Å²) in [6, 6.07) is 14.0. The first-order valence-electron chi connectivity index (χ1n) is 7.55. The van der Waals surface area contributed by atoms with Gasteiger partial charge in [-0.25, -0.2) is 4.79 Å². The number of hydrogen-bond acceptors (Lipinski definition) is 3. The van der Waals surface area contributed by atoms with Crippen molar-refractivity contribution in [1.82, 2.24) is 4.90 Å². The lowest BCUT2D eigenvalue weighted by atomic mass is 9.92. The molecule has 22 heavy (non-hydrogen) atoms. The van der Waals surface area contributed by atoms with Crippen molar-refractivity contribution in [3.63, 3.8) is 0 Å². The number of fused-ring (bicyclic) bond motifs is 5. The molecule has 2 aromatic rings. The normalized spacial score (nSPS) is 22.7. The Morgan fingerprint density at radius 1 is 1.09 bits per heavy atom. The number of phenols is 1. The Balaban J connectivity index is 1.62. The molecule has 4 nitrogen and oxygen atoms in total. The van der Waals surface area contributed by atoms with Crippen LogP contribution in [0.2, 0.25) is 0 Å². The third-order valence-electron chi connectivity index (χ3n) is 4.91. The number of carboxylic acid groups (broad SMARTS) is 1. The molecule has 2 aliphatic rings. The number of nitrogens with zero attached hydrogens (tertiary/aromatic N) is 1. The molecule has 2 aliphatic heterocycles. The number of benzene rings is 2. The highest BCUT2D eigenvalue weighted by Gasteiger charge is 2.43. The van der Waals surface area contributed by atoms with Crippen LogP contribution >= 0.6 is 0 Å². The van der Waals surface area contributed by atoms with E-state index in [0.29, 0.717) is 18.6 Å². The van der Waals surface area contributed by atoms with Gasteiger partial charge in [-0.1, -0.05) is 30.3 Å². The lowest BCUT2D eigenvalue weighted by Gasteiger charge is -2.22. The van der Waals surface area contributed by atoms with Gasteiger partial charge in [-0.05, 0) is 36.1 Å². The lowest BCUT2D eigenvalue weighted by Crippen LogP contribution is -2.19. The summed E-state index contributed by atoms with van der Waals surface area (Å²) in [5.41, 5.74) is 3.71. The summed E-state index contributed by atoms with van der Waals surface area (Å²) in [6.07, 6.45) is 2.30. The van der Waals surface area contributed by atoms with E-state index in [0.717, 1.165) is 18.4 Å². The molecule has 0 spiro atoms. The van der Waals surface area contributed by atoms with Gasteiger partial charge in [0.1, 0.15) is 5.75 Å². The molecule has 0 aliphatic carbocycles. The van der Waals surface area contributed by atoms with Crippen molar-refractivity contribution in [3.05, 3.63) is 64.7 Å². The van der Waals surface area contributed by atoms with E-state index in [1.54, 1.807) is 12.1 Å². The van der Waals surface area contributed by atoms with E-state index in [4.69, 9.17) is 5.11 Å². The van der Waals surface area contributed by atoms with Gasteiger partial charge in [0, 0.05) is 24.2 Å². The van der Waals surface area contributed by atoms with Crippen molar-refractivity contribution in [1.29, 1.82) is 0 Å². The summed E-state index contributed by atoms with van der Waals surface area (Å²) in [7, 11) is 0. The third-order valence-corrected chi connectivity index (χ3v) is 4.91. The van der Waals surface area contributed by atoms with Crippen LogP contribution in [0.5, 0.6) is 5.75 Å². The van der Waals surface area contributed by atoms with E-state index in [-0.39, 0.29) is 11.3 Å². The summed E-state index contributed by atoms with van der Waals surface area (Å²) in [5.74, 6) is -0.953. The predicted molar refractivity (Wildman–Crippen MR) is 81.8 cm³/mol. The third kappa shape index (κ3) is 1.91. The number of aromatic carboxylic acids is 1. The fraction of sp³-hybridized carbons (Fsp3) is 0.278. The summed E-state index contributed by atoms with van der Waals surface area (Å²) < 4.78 is 0. The van der Waals surface area contributed by atoms with Crippen molar-refractivity contribution in [3.8, 4) is 5.75 Å². The average Bonchev–Trinajstić information content (AvgIpc) is 3.05. The van der Waals surface area contributed by atoms with Crippen LogP contribution in [-0.4, -0.2) is 21.1 Å². The quantitative estimate of drug-likeness (QED) is 0.910. The Hall–Kier alpha value is -2.33. The van der Waals surface area contributed by atoms with Crippen LogP contribution in [-0.2, 0) is 6.54 Å². The molecule has 2 atom stereocenters. The molecule has 0 amide bonds. The minimum absolute atomic E-state index is 0.0651. The Kier molecular flexibility index (Phi) is 2.94. The first kappa shape index (κ1) is 13.3. The van der Waals surface area contributed by atoms with Crippen molar-refractivity contribution in [2.75, 3.05) is 0 Å². The largest absolute Gasteiger partial charge is 0.508 e. The summed E-state index contributed by atoms with van der Waals surface area (Å²) in [6.45, 7) is 0.649. The molecule has 2 aromatic carbocycles. The molecule has 4 rings (SSSR count).